The molecule has 0 atom stereocenters. The van der Waals surface area contributed by atoms with Crippen LogP contribution in [0.15, 0.2) is 35.3 Å². The number of rotatable bonds is 2. The van der Waals surface area contributed by atoms with Gasteiger partial charge in [0.05, 0.1) is 12.3 Å². The number of hydrogen-bond donors (Lipinski definition) is 1. The summed E-state index contributed by atoms with van der Waals surface area (Å²) in [6, 6.07) is 9.14. The summed E-state index contributed by atoms with van der Waals surface area (Å²) in [5, 5.41) is 8.95. The molecule has 0 unspecified atom stereocenters. The predicted octanol–water partition coefficient (Wildman–Crippen LogP) is 0.221. The van der Waals surface area contributed by atoms with E-state index in [1.54, 1.807) is 12.1 Å². The molecule has 1 aromatic rings. The first-order valence-corrected chi connectivity index (χ1v) is 3.98. The van der Waals surface area contributed by atoms with Gasteiger partial charge >= 0.3 is 0 Å². The Kier molecular flexibility index (Phi) is 3.40. The zero-order chi connectivity index (χ0) is 9.68. The van der Waals surface area contributed by atoms with Gasteiger partial charge in [0.25, 0.3) is 0 Å². The largest absolute Gasteiger partial charge is 0.390 e. The summed E-state index contributed by atoms with van der Waals surface area (Å²) in [5.41, 5.74) is 1.19. The van der Waals surface area contributed by atoms with E-state index in [4.69, 9.17) is 5.11 Å². The smallest absolute Gasteiger partial charge is 0.218 e. The van der Waals surface area contributed by atoms with Gasteiger partial charge in [-0.2, -0.15) is 0 Å². The van der Waals surface area contributed by atoms with E-state index in [9.17, 15) is 4.79 Å². The van der Waals surface area contributed by atoms with E-state index in [0.29, 0.717) is 5.71 Å². The molecule has 4 heteroatoms. The number of aliphatic imine (C=N–C) groups is 1. The van der Waals surface area contributed by atoms with Crippen molar-refractivity contribution in [3.05, 3.63) is 35.9 Å². The molecule has 0 radical (unpaired) electrons. The van der Waals surface area contributed by atoms with Gasteiger partial charge in [-0.1, -0.05) is 30.3 Å². The molecule has 13 heavy (non-hydrogen) atoms. The molecule has 0 aliphatic carbocycles. The van der Waals surface area contributed by atoms with E-state index < -0.39 is 0 Å². The number of aliphatic hydroxyl groups excluding tert-OH is 1. The van der Waals surface area contributed by atoms with E-state index in [-0.39, 0.29) is 12.4 Å². The molecule has 0 aliphatic heterocycles. The summed E-state index contributed by atoms with van der Waals surface area (Å²) < 4.78 is 0. The van der Waals surface area contributed by atoms with Crippen LogP contribution in [0.5, 0.6) is 0 Å². The van der Waals surface area contributed by atoms with Crippen molar-refractivity contribution >= 4 is 19.4 Å². The highest BCUT2D eigenvalue weighted by Gasteiger charge is 2.01. The average Bonchev–Trinajstić information content (AvgIpc) is 2.15. The van der Waals surface area contributed by atoms with Crippen molar-refractivity contribution in [2.45, 2.75) is 0 Å². The van der Waals surface area contributed by atoms with Crippen molar-refractivity contribution < 1.29 is 9.90 Å². The SMILES string of the molecule is BC(=O)/N=C(\CO)c1ccccc1. The zero-order valence-corrected chi connectivity index (χ0v) is 7.40. The minimum atomic E-state index is -0.298. The molecule has 0 saturated heterocycles. The Hall–Kier alpha value is -1.42. The number of aliphatic hydroxyl groups is 1. The molecular weight excluding hydrogens is 165 g/mol. The Bertz CT molecular complexity index is 322. The van der Waals surface area contributed by atoms with E-state index >= 15 is 0 Å². The van der Waals surface area contributed by atoms with Crippen molar-refractivity contribution in [2.24, 2.45) is 4.99 Å². The number of amides is 1. The normalized spacial score (nSPS) is 11.3. The van der Waals surface area contributed by atoms with Crippen LogP contribution in [-0.2, 0) is 0 Å². The van der Waals surface area contributed by atoms with Crippen LogP contribution in [-0.4, -0.2) is 31.1 Å². The molecule has 0 spiro atoms. The van der Waals surface area contributed by atoms with Crippen LogP contribution < -0.4 is 0 Å². The highest BCUT2D eigenvalue weighted by molar-refractivity contribution is 6.58. The summed E-state index contributed by atoms with van der Waals surface area (Å²) in [7, 11) is 1.36. The Morgan fingerprint density at radius 3 is 2.46 bits per heavy atom. The van der Waals surface area contributed by atoms with Gasteiger partial charge < -0.3 is 5.11 Å². The second-order valence-electron chi connectivity index (χ2n) is 2.60. The van der Waals surface area contributed by atoms with Gasteiger partial charge in [-0.05, 0) is 5.56 Å². The second kappa shape index (κ2) is 4.57. The molecule has 1 rings (SSSR count). The standard InChI is InChI=1S/C9H10BNO2/c10-9(13)11-8(6-12)7-4-2-1-3-5-7/h1-5,12H,6,10H2/b11-8+. The number of nitrogens with zero attached hydrogens (tertiary/aromatic N) is 1. The zero-order valence-electron chi connectivity index (χ0n) is 7.40. The maximum absolute atomic E-state index is 10.7. The first-order chi connectivity index (χ1) is 6.24. The molecular formula is C9H10BNO2. The second-order valence-corrected chi connectivity index (χ2v) is 2.60. The number of carbonyl (C=O) groups excluding carboxylic acids is 1. The summed E-state index contributed by atoms with van der Waals surface area (Å²) in [6.07, 6.45) is 0. The van der Waals surface area contributed by atoms with E-state index in [1.807, 2.05) is 18.2 Å². The quantitative estimate of drug-likeness (QED) is 0.516. The summed E-state index contributed by atoms with van der Waals surface area (Å²) >= 11 is 0. The molecule has 0 aromatic heterocycles. The Balaban J connectivity index is 2.98. The monoisotopic (exact) mass is 175 g/mol. The fraction of sp³-hybridized carbons (Fsp3) is 0.111. The first-order valence-electron chi connectivity index (χ1n) is 3.98. The van der Waals surface area contributed by atoms with Crippen molar-refractivity contribution in [1.82, 2.24) is 0 Å². The molecule has 1 N–H and O–H groups in total. The van der Waals surface area contributed by atoms with Gasteiger partial charge in [0.2, 0.25) is 7.85 Å². The molecule has 1 amide bonds. The number of hydrogen-bond acceptors (Lipinski definition) is 2. The molecule has 0 bridgehead atoms. The molecule has 0 heterocycles. The highest BCUT2D eigenvalue weighted by Crippen LogP contribution is 2.00. The molecule has 0 saturated carbocycles. The minimum absolute atomic E-state index is 0.219. The molecule has 0 aliphatic rings. The lowest BCUT2D eigenvalue weighted by Crippen LogP contribution is -2.08. The van der Waals surface area contributed by atoms with Crippen LogP contribution in [0.1, 0.15) is 5.56 Å². The third-order valence-corrected chi connectivity index (χ3v) is 1.55. The van der Waals surface area contributed by atoms with Crippen LogP contribution in [0.25, 0.3) is 0 Å². The highest BCUT2D eigenvalue weighted by atomic mass is 16.3. The third kappa shape index (κ3) is 2.84. The van der Waals surface area contributed by atoms with Crippen LogP contribution in [0.4, 0.5) is 4.79 Å². The van der Waals surface area contributed by atoms with Crippen LogP contribution >= 0.6 is 0 Å². The summed E-state index contributed by atoms with van der Waals surface area (Å²) in [4.78, 5) is 14.4. The van der Waals surface area contributed by atoms with Crippen molar-refractivity contribution in [2.75, 3.05) is 6.61 Å². The van der Waals surface area contributed by atoms with Gasteiger partial charge in [0.1, 0.15) is 0 Å². The third-order valence-electron chi connectivity index (χ3n) is 1.55. The van der Waals surface area contributed by atoms with Gasteiger partial charge in [-0.15, -0.1) is 0 Å². The molecule has 66 valence electrons. The summed E-state index contributed by atoms with van der Waals surface area (Å²) in [6.45, 7) is -0.219. The van der Waals surface area contributed by atoms with Crippen LogP contribution in [0.2, 0.25) is 0 Å². The van der Waals surface area contributed by atoms with Gasteiger partial charge in [-0.25, -0.2) is 4.99 Å². The van der Waals surface area contributed by atoms with E-state index in [0.717, 1.165) is 5.56 Å². The van der Waals surface area contributed by atoms with E-state index in [1.165, 1.54) is 7.85 Å². The van der Waals surface area contributed by atoms with E-state index in [2.05, 4.69) is 4.99 Å². The molecule has 3 nitrogen and oxygen atoms in total. The van der Waals surface area contributed by atoms with Crippen molar-refractivity contribution in [3.8, 4) is 0 Å². The van der Waals surface area contributed by atoms with Gasteiger partial charge in [-0.3, -0.25) is 4.79 Å². The van der Waals surface area contributed by atoms with Gasteiger partial charge in [0, 0.05) is 0 Å². The number of benzene rings is 1. The van der Waals surface area contributed by atoms with Crippen LogP contribution in [0, 0.1) is 0 Å². The van der Waals surface area contributed by atoms with Crippen LogP contribution in [0.3, 0.4) is 0 Å². The average molecular weight is 175 g/mol. The number of carbonyl (C=O) groups is 1. The lowest BCUT2D eigenvalue weighted by Gasteiger charge is -2.00. The molecule has 1 aromatic carbocycles. The fourth-order valence-electron chi connectivity index (χ4n) is 1.01. The Labute approximate surface area is 77.5 Å². The Morgan fingerprint density at radius 2 is 2.00 bits per heavy atom. The fourth-order valence-corrected chi connectivity index (χ4v) is 1.01. The minimum Gasteiger partial charge on any atom is -0.390 e. The summed E-state index contributed by atoms with van der Waals surface area (Å²) in [5.74, 6) is -0.298. The van der Waals surface area contributed by atoms with Gasteiger partial charge in [0.15, 0.2) is 5.81 Å². The lowest BCUT2D eigenvalue weighted by molar-refractivity contribution is 0.266. The molecule has 0 fully saturated rings. The maximum Gasteiger partial charge on any atom is 0.218 e. The Morgan fingerprint density at radius 1 is 1.38 bits per heavy atom. The van der Waals surface area contributed by atoms with Crippen molar-refractivity contribution in [1.29, 1.82) is 0 Å². The lowest BCUT2D eigenvalue weighted by atomic mass is 10.1. The van der Waals surface area contributed by atoms with Crippen molar-refractivity contribution in [3.63, 3.8) is 0 Å². The maximum atomic E-state index is 10.7. The topological polar surface area (TPSA) is 49.7 Å². The first kappa shape index (κ1) is 9.67. The predicted molar refractivity (Wildman–Crippen MR) is 54.0 cm³/mol.